The maximum Gasteiger partial charge on any atom is 0.146 e. The molecule has 0 aromatic carbocycles. The maximum absolute atomic E-state index is 13.6. The quantitative estimate of drug-likeness (QED) is 0.844. The summed E-state index contributed by atoms with van der Waals surface area (Å²) in [6.07, 6.45) is 7.53. The van der Waals surface area contributed by atoms with E-state index in [1.165, 1.54) is 12.5 Å². The summed E-state index contributed by atoms with van der Waals surface area (Å²) in [7, 11) is 1.76. The highest BCUT2D eigenvalue weighted by molar-refractivity contribution is 5.27. The van der Waals surface area contributed by atoms with Gasteiger partial charge in [-0.3, -0.25) is 4.98 Å². The number of nitrogens with zero attached hydrogens (tertiary/aromatic N) is 3. The van der Waals surface area contributed by atoms with Gasteiger partial charge in [0.05, 0.1) is 12.2 Å². The number of nitrogens with one attached hydrogen (secondary N) is 1. The summed E-state index contributed by atoms with van der Waals surface area (Å²) in [4.78, 5) is 11.6. The van der Waals surface area contributed by atoms with Gasteiger partial charge in [0, 0.05) is 29.7 Å². The molecule has 82 valence electrons. The van der Waals surface area contributed by atoms with Gasteiger partial charge < -0.3 is 5.32 Å². The average Bonchev–Trinajstić information content (AvgIpc) is 2.34. The molecule has 0 fully saturated rings. The van der Waals surface area contributed by atoms with Crippen molar-refractivity contribution in [3.63, 3.8) is 0 Å². The molecule has 16 heavy (non-hydrogen) atoms. The first-order valence-electron chi connectivity index (χ1n) is 4.84. The summed E-state index contributed by atoms with van der Waals surface area (Å²) in [5, 5.41) is 3.03. The predicted octanol–water partition coefficient (Wildman–Crippen LogP) is 1.32. The zero-order valence-corrected chi connectivity index (χ0v) is 8.76. The van der Waals surface area contributed by atoms with Gasteiger partial charge in [0.1, 0.15) is 12.1 Å². The number of aromatic nitrogens is 3. The van der Waals surface area contributed by atoms with Crippen molar-refractivity contribution in [2.45, 2.75) is 6.04 Å². The molecule has 2 rings (SSSR count). The lowest BCUT2D eigenvalue weighted by molar-refractivity contribution is 0.569. The van der Waals surface area contributed by atoms with Crippen molar-refractivity contribution in [1.82, 2.24) is 20.3 Å². The third-order valence-corrected chi connectivity index (χ3v) is 2.32. The van der Waals surface area contributed by atoms with Crippen LogP contribution in [0.25, 0.3) is 0 Å². The van der Waals surface area contributed by atoms with Crippen LogP contribution in [0, 0.1) is 5.82 Å². The molecule has 5 heteroatoms. The monoisotopic (exact) mass is 218 g/mol. The summed E-state index contributed by atoms with van der Waals surface area (Å²) < 4.78 is 13.6. The van der Waals surface area contributed by atoms with Gasteiger partial charge in [0.2, 0.25) is 0 Å². The minimum atomic E-state index is -0.342. The minimum Gasteiger partial charge on any atom is -0.309 e. The Morgan fingerprint density at radius 2 is 1.94 bits per heavy atom. The summed E-state index contributed by atoms with van der Waals surface area (Å²) in [6.45, 7) is 0. The second kappa shape index (κ2) is 4.76. The van der Waals surface area contributed by atoms with E-state index in [2.05, 4.69) is 20.3 Å². The van der Waals surface area contributed by atoms with E-state index in [9.17, 15) is 4.39 Å². The fraction of sp³-hybridized carbons (Fsp3) is 0.182. The molecule has 0 saturated carbocycles. The molecule has 0 aliphatic carbocycles. The molecule has 4 nitrogen and oxygen atoms in total. The molecule has 0 bridgehead atoms. The Balaban J connectivity index is 2.41. The largest absolute Gasteiger partial charge is 0.309 e. The van der Waals surface area contributed by atoms with Crippen molar-refractivity contribution in [3.8, 4) is 0 Å². The van der Waals surface area contributed by atoms with Gasteiger partial charge in [0.15, 0.2) is 0 Å². The molecule has 1 N–H and O–H groups in total. The maximum atomic E-state index is 13.6. The first kappa shape index (κ1) is 10.6. The molecule has 0 amide bonds. The summed E-state index contributed by atoms with van der Waals surface area (Å²) in [6, 6.07) is 1.38. The molecule has 0 radical (unpaired) electrons. The zero-order valence-electron chi connectivity index (χ0n) is 8.76. The van der Waals surface area contributed by atoms with E-state index in [-0.39, 0.29) is 11.9 Å². The Bertz CT molecular complexity index is 461. The minimum absolute atomic E-state index is 0.260. The van der Waals surface area contributed by atoms with Crippen LogP contribution < -0.4 is 5.32 Å². The number of halogens is 1. The van der Waals surface area contributed by atoms with E-state index < -0.39 is 0 Å². The Kier molecular flexibility index (Phi) is 3.16. The Labute approximate surface area is 92.6 Å². The lowest BCUT2D eigenvalue weighted by Gasteiger charge is -2.16. The first-order valence-corrected chi connectivity index (χ1v) is 4.84. The van der Waals surface area contributed by atoms with Crippen LogP contribution in [-0.2, 0) is 0 Å². The molecule has 0 spiro atoms. The SMILES string of the molecule is CNC(c1cncnc1)c1ccncc1F. The third-order valence-electron chi connectivity index (χ3n) is 2.32. The Morgan fingerprint density at radius 3 is 2.56 bits per heavy atom. The van der Waals surface area contributed by atoms with Crippen molar-refractivity contribution in [2.24, 2.45) is 0 Å². The van der Waals surface area contributed by atoms with E-state index in [1.54, 1.807) is 31.7 Å². The van der Waals surface area contributed by atoms with Crippen LogP contribution in [0.5, 0.6) is 0 Å². The van der Waals surface area contributed by atoms with Crippen molar-refractivity contribution < 1.29 is 4.39 Å². The van der Waals surface area contributed by atoms with Gasteiger partial charge in [-0.15, -0.1) is 0 Å². The molecule has 0 saturated heterocycles. The highest BCUT2D eigenvalue weighted by Crippen LogP contribution is 2.21. The lowest BCUT2D eigenvalue weighted by Crippen LogP contribution is -2.19. The van der Waals surface area contributed by atoms with Crippen molar-refractivity contribution in [1.29, 1.82) is 0 Å². The normalized spacial score (nSPS) is 12.4. The molecule has 0 aliphatic heterocycles. The summed E-state index contributed by atoms with van der Waals surface area (Å²) in [5.74, 6) is -0.342. The third kappa shape index (κ3) is 2.04. The molecule has 2 aromatic rings. The van der Waals surface area contributed by atoms with Gasteiger partial charge in [-0.25, -0.2) is 14.4 Å². The van der Waals surface area contributed by atoms with Gasteiger partial charge in [-0.05, 0) is 13.1 Å². The van der Waals surface area contributed by atoms with Crippen LogP contribution >= 0.6 is 0 Å². The van der Waals surface area contributed by atoms with E-state index >= 15 is 0 Å². The molecule has 0 aliphatic rings. The molecule has 2 aromatic heterocycles. The number of rotatable bonds is 3. The van der Waals surface area contributed by atoms with Crippen LogP contribution in [0.15, 0.2) is 37.2 Å². The van der Waals surface area contributed by atoms with Crippen molar-refractivity contribution in [2.75, 3.05) is 7.05 Å². The molecule has 1 unspecified atom stereocenters. The number of hydrogen-bond acceptors (Lipinski definition) is 4. The van der Waals surface area contributed by atoms with E-state index in [0.29, 0.717) is 5.56 Å². The van der Waals surface area contributed by atoms with Gasteiger partial charge in [0.25, 0.3) is 0 Å². The first-order chi connectivity index (χ1) is 7.83. The smallest absolute Gasteiger partial charge is 0.146 e. The highest BCUT2D eigenvalue weighted by atomic mass is 19.1. The second-order valence-electron chi connectivity index (χ2n) is 3.29. The van der Waals surface area contributed by atoms with Gasteiger partial charge >= 0.3 is 0 Å². The molecule has 1 atom stereocenters. The number of pyridine rings is 1. The van der Waals surface area contributed by atoms with E-state index in [0.717, 1.165) is 5.56 Å². The standard InChI is InChI=1S/C11H11FN4/c1-13-11(8-4-15-7-16-5-8)9-2-3-14-6-10(9)12/h2-7,11,13H,1H3. The Hall–Kier alpha value is -1.88. The van der Waals surface area contributed by atoms with Crippen LogP contribution in [-0.4, -0.2) is 22.0 Å². The second-order valence-corrected chi connectivity index (χ2v) is 3.29. The lowest BCUT2D eigenvalue weighted by atomic mass is 10.0. The van der Waals surface area contributed by atoms with Gasteiger partial charge in [-0.1, -0.05) is 0 Å². The highest BCUT2D eigenvalue weighted by Gasteiger charge is 2.16. The Morgan fingerprint density at radius 1 is 1.19 bits per heavy atom. The van der Waals surface area contributed by atoms with Crippen LogP contribution in [0.3, 0.4) is 0 Å². The predicted molar refractivity (Wildman–Crippen MR) is 57.1 cm³/mol. The summed E-state index contributed by atoms with van der Waals surface area (Å²) in [5.41, 5.74) is 1.35. The van der Waals surface area contributed by atoms with Crippen LogP contribution in [0.4, 0.5) is 4.39 Å². The summed E-state index contributed by atoms with van der Waals surface area (Å²) >= 11 is 0. The van der Waals surface area contributed by atoms with Crippen LogP contribution in [0.1, 0.15) is 17.2 Å². The van der Waals surface area contributed by atoms with E-state index in [1.807, 2.05) is 0 Å². The zero-order chi connectivity index (χ0) is 11.4. The molecular weight excluding hydrogens is 207 g/mol. The number of hydrogen-bond donors (Lipinski definition) is 1. The average molecular weight is 218 g/mol. The molecular formula is C11H11FN4. The van der Waals surface area contributed by atoms with E-state index in [4.69, 9.17) is 0 Å². The fourth-order valence-corrected chi connectivity index (χ4v) is 1.58. The fourth-order valence-electron chi connectivity index (χ4n) is 1.58. The van der Waals surface area contributed by atoms with Crippen molar-refractivity contribution in [3.05, 3.63) is 54.1 Å². The molecule has 2 heterocycles. The van der Waals surface area contributed by atoms with Crippen molar-refractivity contribution >= 4 is 0 Å². The van der Waals surface area contributed by atoms with Crippen LogP contribution in [0.2, 0.25) is 0 Å². The van der Waals surface area contributed by atoms with Gasteiger partial charge in [-0.2, -0.15) is 0 Å². The topological polar surface area (TPSA) is 50.7 Å².